The lowest BCUT2D eigenvalue weighted by Gasteiger charge is -2.23. The molecule has 3 heteroatoms. The number of hydrogen-bond donors (Lipinski definition) is 0. The molecule has 0 saturated heterocycles. The second kappa shape index (κ2) is 12.2. The fourth-order valence-corrected chi connectivity index (χ4v) is 4.76. The van der Waals surface area contributed by atoms with Crippen molar-refractivity contribution in [3.63, 3.8) is 0 Å². The lowest BCUT2D eigenvalue weighted by atomic mass is 10.0. The number of rotatable bonds is 13. The molecule has 0 aliphatic rings. The maximum atomic E-state index is 10.9. The van der Waals surface area contributed by atoms with E-state index in [1.165, 1.54) is 78.6 Å². The molecular weight excluding hydrogens is 404 g/mol. The second-order valence-electron chi connectivity index (χ2n) is 9.75. The summed E-state index contributed by atoms with van der Waals surface area (Å²) in [6.45, 7) is 16.2. The van der Waals surface area contributed by atoms with Gasteiger partial charge in [-0.05, 0) is 93.9 Å². The van der Waals surface area contributed by atoms with Gasteiger partial charge in [-0.15, -0.1) is 0 Å². The van der Waals surface area contributed by atoms with Crippen molar-refractivity contribution in [2.45, 2.75) is 73.3 Å². The molecule has 3 nitrogen and oxygen atoms in total. The van der Waals surface area contributed by atoms with E-state index in [2.05, 4.69) is 74.4 Å². The van der Waals surface area contributed by atoms with E-state index in [0.29, 0.717) is 0 Å². The molecule has 0 aliphatic heterocycles. The lowest BCUT2D eigenvalue weighted by Crippen LogP contribution is -2.28. The van der Waals surface area contributed by atoms with Gasteiger partial charge in [0.05, 0.1) is 0 Å². The van der Waals surface area contributed by atoms with Crippen LogP contribution in [0.5, 0.6) is 0 Å². The molecule has 0 bridgehead atoms. The van der Waals surface area contributed by atoms with Crippen LogP contribution in [0.4, 0.5) is 0 Å². The molecule has 0 radical (unpaired) electrons. The monoisotopic (exact) mass is 446 g/mol. The molecule has 0 N–H and O–H groups in total. The highest BCUT2D eigenvalue weighted by Gasteiger charge is 2.13. The highest BCUT2D eigenvalue weighted by molar-refractivity contribution is 5.86. The maximum absolute atomic E-state index is 10.9. The molecule has 178 valence electrons. The first-order valence-corrected chi connectivity index (χ1v) is 12.8. The van der Waals surface area contributed by atoms with Crippen molar-refractivity contribution in [3.05, 3.63) is 70.4 Å². The summed E-state index contributed by atoms with van der Waals surface area (Å²) in [5.74, 6) is 0.819. The Labute approximate surface area is 200 Å². The quantitative estimate of drug-likeness (QED) is 0.259. The number of benzene rings is 2. The molecule has 1 heterocycles. The maximum Gasteiger partial charge on any atom is 0.150 e. The van der Waals surface area contributed by atoms with Crippen molar-refractivity contribution in [3.8, 4) is 0 Å². The normalized spacial score (nSPS) is 12.5. The van der Waals surface area contributed by atoms with Crippen molar-refractivity contribution < 1.29 is 4.79 Å². The minimum Gasteiger partial charge on any atom is -0.345 e. The van der Waals surface area contributed by atoms with Crippen molar-refractivity contribution in [2.24, 2.45) is 5.92 Å². The van der Waals surface area contributed by atoms with Gasteiger partial charge in [-0.1, -0.05) is 57.5 Å². The summed E-state index contributed by atoms with van der Waals surface area (Å²) < 4.78 is 2.52. The predicted molar refractivity (Wildman–Crippen MR) is 141 cm³/mol. The van der Waals surface area contributed by atoms with Gasteiger partial charge >= 0.3 is 0 Å². The molecule has 3 rings (SSSR count). The van der Waals surface area contributed by atoms with E-state index in [4.69, 9.17) is 0 Å². The molecule has 3 aromatic rings. The summed E-state index contributed by atoms with van der Waals surface area (Å²) >= 11 is 0. The molecule has 0 aliphatic carbocycles. The van der Waals surface area contributed by atoms with Crippen LogP contribution in [0.2, 0.25) is 0 Å². The van der Waals surface area contributed by atoms with Crippen LogP contribution in [-0.4, -0.2) is 35.4 Å². The number of nitrogens with zero attached hydrogens (tertiary/aromatic N) is 2. The van der Waals surface area contributed by atoms with Gasteiger partial charge < -0.3 is 9.47 Å². The predicted octanol–water partition coefficient (Wildman–Crippen LogP) is 7.20. The fourth-order valence-electron chi connectivity index (χ4n) is 4.76. The Kier molecular flexibility index (Phi) is 9.31. The van der Waals surface area contributed by atoms with Crippen molar-refractivity contribution in [1.82, 2.24) is 9.47 Å². The van der Waals surface area contributed by atoms with E-state index >= 15 is 0 Å². The molecule has 0 amide bonds. The highest BCUT2D eigenvalue weighted by Crippen LogP contribution is 2.27. The van der Waals surface area contributed by atoms with Gasteiger partial charge in [-0.3, -0.25) is 4.79 Å². The Balaban J connectivity index is 1.69. The summed E-state index contributed by atoms with van der Waals surface area (Å²) in [6.07, 6.45) is 6.79. The van der Waals surface area contributed by atoms with Crippen LogP contribution in [0.25, 0.3) is 10.9 Å². The summed E-state index contributed by atoms with van der Waals surface area (Å²) in [7, 11) is 0. The first-order chi connectivity index (χ1) is 16.0. The number of aromatic nitrogens is 1. The number of aldehydes is 1. The SMILES string of the molecule is CCCN(CCCn1c(C)c(C)c2cc(Cc3ccc(C=O)cc3)ccc21)CCC(C)CC. The summed E-state index contributed by atoms with van der Waals surface area (Å²) in [4.78, 5) is 13.6. The lowest BCUT2D eigenvalue weighted by molar-refractivity contribution is 0.112. The van der Waals surface area contributed by atoms with E-state index in [1.807, 2.05) is 12.1 Å². The number of fused-ring (bicyclic) bond motifs is 1. The fraction of sp³-hybridized carbons (Fsp3) is 0.500. The van der Waals surface area contributed by atoms with Gasteiger partial charge in [-0.25, -0.2) is 0 Å². The number of carbonyl (C=O) groups is 1. The van der Waals surface area contributed by atoms with Crippen LogP contribution in [0, 0.1) is 19.8 Å². The first kappa shape index (κ1) is 25.2. The molecule has 0 spiro atoms. The van der Waals surface area contributed by atoms with E-state index in [1.54, 1.807) is 0 Å². The van der Waals surface area contributed by atoms with Gasteiger partial charge in [0.15, 0.2) is 0 Å². The first-order valence-electron chi connectivity index (χ1n) is 12.8. The Morgan fingerprint density at radius 1 is 0.970 bits per heavy atom. The zero-order valence-corrected chi connectivity index (χ0v) is 21.4. The summed E-state index contributed by atoms with van der Waals surface area (Å²) in [5, 5.41) is 1.37. The van der Waals surface area contributed by atoms with Crippen molar-refractivity contribution in [1.29, 1.82) is 0 Å². The van der Waals surface area contributed by atoms with E-state index in [0.717, 1.165) is 30.7 Å². The average molecular weight is 447 g/mol. The zero-order valence-electron chi connectivity index (χ0n) is 21.4. The zero-order chi connectivity index (χ0) is 23.8. The van der Waals surface area contributed by atoms with Gasteiger partial charge in [0.1, 0.15) is 6.29 Å². The van der Waals surface area contributed by atoms with Gasteiger partial charge in [0.25, 0.3) is 0 Å². The number of aryl methyl sites for hydroxylation is 2. The molecule has 33 heavy (non-hydrogen) atoms. The van der Waals surface area contributed by atoms with Gasteiger partial charge in [0.2, 0.25) is 0 Å². The highest BCUT2D eigenvalue weighted by atomic mass is 16.1. The Morgan fingerprint density at radius 2 is 1.70 bits per heavy atom. The van der Waals surface area contributed by atoms with E-state index < -0.39 is 0 Å². The molecule has 0 fully saturated rings. The van der Waals surface area contributed by atoms with Crippen molar-refractivity contribution in [2.75, 3.05) is 19.6 Å². The average Bonchev–Trinajstić information content (AvgIpc) is 3.07. The van der Waals surface area contributed by atoms with E-state index in [-0.39, 0.29) is 0 Å². The minimum atomic E-state index is 0.732. The van der Waals surface area contributed by atoms with Crippen LogP contribution < -0.4 is 0 Å². The summed E-state index contributed by atoms with van der Waals surface area (Å²) in [6, 6.07) is 14.8. The van der Waals surface area contributed by atoms with Gasteiger partial charge in [-0.2, -0.15) is 0 Å². The molecular formula is C30H42N2O. The second-order valence-corrected chi connectivity index (χ2v) is 9.75. The molecule has 2 aromatic carbocycles. The Morgan fingerprint density at radius 3 is 2.36 bits per heavy atom. The minimum absolute atomic E-state index is 0.732. The number of hydrogen-bond acceptors (Lipinski definition) is 2. The smallest absolute Gasteiger partial charge is 0.150 e. The Bertz CT molecular complexity index is 1030. The van der Waals surface area contributed by atoms with Gasteiger partial charge in [0, 0.05) is 28.7 Å². The third-order valence-electron chi connectivity index (χ3n) is 7.26. The Hall–Kier alpha value is -2.39. The topological polar surface area (TPSA) is 25.2 Å². The van der Waals surface area contributed by atoms with E-state index in [9.17, 15) is 4.79 Å². The van der Waals surface area contributed by atoms with Crippen LogP contribution in [0.1, 0.15) is 79.2 Å². The standard InChI is InChI=1S/C30H42N2O/c1-6-16-31(19-15-23(3)7-2)17-8-18-32-25(5)24(4)29-21-28(13-14-30(29)32)20-26-9-11-27(22-33)12-10-26/h9-14,21-23H,6-8,15-20H2,1-5H3. The molecule has 0 saturated carbocycles. The number of carbonyl (C=O) groups excluding carboxylic acids is 1. The third kappa shape index (κ3) is 6.57. The van der Waals surface area contributed by atoms with Crippen LogP contribution >= 0.6 is 0 Å². The third-order valence-corrected chi connectivity index (χ3v) is 7.26. The van der Waals surface area contributed by atoms with Crippen LogP contribution in [0.3, 0.4) is 0 Å². The molecule has 1 unspecified atom stereocenters. The molecule has 1 aromatic heterocycles. The largest absolute Gasteiger partial charge is 0.345 e. The van der Waals surface area contributed by atoms with Crippen molar-refractivity contribution >= 4 is 17.2 Å². The van der Waals surface area contributed by atoms with Crippen LogP contribution in [0.15, 0.2) is 42.5 Å². The van der Waals surface area contributed by atoms with Crippen LogP contribution in [-0.2, 0) is 13.0 Å². The summed E-state index contributed by atoms with van der Waals surface area (Å²) in [5.41, 5.74) is 7.43. The molecule has 1 atom stereocenters.